The summed E-state index contributed by atoms with van der Waals surface area (Å²) in [4.78, 5) is 17.2. The topological polar surface area (TPSA) is 78.2 Å². The summed E-state index contributed by atoms with van der Waals surface area (Å²) in [5.74, 6) is 1.07. The Hall–Kier alpha value is -3.73. The Labute approximate surface area is 188 Å². The highest BCUT2D eigenvalue weighted by atomic mass is 19.1. The van der Waals surface area contributed by atoms with Crippen LogP contribution in [0.25, 0.3) is 0 Å². The average molecular weight is 435 g/mol. The van der Waals surface area contributed by atoms with E-state index < -0.39 is 0 Å². The first-order valence-corrected chi connectivity index (χ1v) is 10.7. The molecule has 0 aliphatic carbocycles. The summed E-state index contributed by atoms with van der Waals surface area (Å²) in [5.41, 5.74) is 2.18. The van der Waals surface area contributed by atoms with Gasteiger partial charge >= 0.3 is 0 Å². The quantitative estimate of drug-likeness (QED) is 0.575. The molecule has 1 aliphatic heterocycles. The Balaban J connectivity index is 0.00000141. The molecule has 1 aromatic carbocycles. The lowest BCUT2D eigenvalue weighted by atomic mass is 10.0. The number of ether oxygens (including phenoxy) is 1. The van der Waals surface area contributed by atoms with E-state index in [1.54, 1.807) is 44.0 Å². The number of benzene rings is 1. The number of aromatic nitrogens is 3. The molecule has 1 aliphatic rings. The van der Waals surface area contributed by atoms with E-state index in [2.05, 4.69) is 24.8 Å². The van der Waals surface area contributed by atoms with Gasteiger partial charge in [-0.1, -0.05) is 13.8 Å². The highest BCUT2D eigenvalue weighted by molar-refractivity contribution is 5.69. The maximum atomic E-state index is 13.5. The van der Waals surface area contributed by atoms with E-state index in [0.29, 0.717) is 17.3 Å². The molecule has 32 heavy (non-hydrogen) atoms. The number of halogens is 1. The molecule has 0 saturated carbocycles. The highest BCUT2D eigenvalue weighted by Crippen LogP contribution is 2.37. The minimum absolute atomic E-state index is 0.170. The van der Waals surface area contributed by atoms with E-state index in [1.165, 1.54) is 12.1 Å². The molecule has 1 saturated heterocycles. The zero-order chi connectivity index (χ0) is 22.9. The summed E-state index contributed by atoms with van der Waals surface area (Å²) >= 11 is 0. The van der Waals surface area contributed by atoms with Crippen molar-refractivity contribution in [1.82, 2.24) is 15.0 Å². The van der Waals surface area contributed by atoms with Crippen LogP contribution in [-0.4, -0.2) is 41.2 Å². The standard InChI is InChI=1S/C22H21FN6O.C2H6/c1-30-21-6-9-25-15-20(21)29(18-4-2-17(23)3-5-18)19-7-10-28(11-8-19)22-26-13-16(12-24)14-27-22;1-2/h2-6,9,13-15,19H,7-8,10-11H2,1H3;1-2H3. The number of nitriles is 1. The van der Waals surface area contributed by atoms with Crippen LogP contribution < -0.4 is 14.5 Å². The number of nitrogens with zero attached hydrogens (tertiary/aromatic N) is 6. The van der Waals surface area contributed by atoms with Gasteiger partial charge in [-0.3, -0.25) is 4.98 Å². The van der Waals surface area contributed by atoms with Gasteiger partial charge in [-0.05, 0) is 37.1 Å². The summed E-state index contributed by atoms with van der Waals surface area (Å²) in [6, 6.07) is 10.5. The van der Waals surface area contributed by atoms with Crippen molar-refractivity contribution < 1.29 is 9.13 Å². The van der Waals surface area contributed by atoms with Crippen LogP contribution in [0, 0.1) is 17.1 Å². The Kier molecular flexibility index (Phi) is 7.92. The summed E-state index contributed by atoms with van der Waals surface area (Å²) < 4.78 is 19.1. The van der Waals surface area contributed by atoms with Gasteiger partial charge in [0, 0.05) is 37.1 Å². The molecular weight excluding hydrogens is 407 g/mol. The zero-order valence-corrected chi connectivity index (χ0v) is 18.6. The van der Waals surface area contributed by atoms with Crippen molar-refractivity contribution in [2.45, 2.75) is 32.7 Å². The van der Waals surface area contributed by atoms with E-state index in [4.69, 9.17) is 10.00 Å². The van der Waals surface area contributed by atoms with Crippen LogP contribution in [0.15, 0.2) is 55.1 Å². The fourth-order valence-electron chi connectivity index (χ4n) is 3.74. The predicted molar refractivity (Wildman–Crippen MR) is 123 cm³/mol. The monoisotopic (exact) mass is 434 g/mol. The summed E-state index contributed by atoms with van der Waals surface area (Å²) in [5, 5.41) is 8.92. The van der Waals surface area contributed by atoms with E-state index in [0.717, 1.165) is 37.3 Å². The molecular formula is C24H27FN6O. The van der Waals surface area contributed by atoms with Crippen LogP contribution in [0.4, 0.5) is 21.7 Å². The maximum Gasteiger partial charge on any atom is 0.225 e. The number of rotatable bonds is 5. The SMILES string of the molecule is CC.COc1ccncc1N(c1ccc(F)cc1)C1CCN(c2ncc(C#N)cn2)CC1. The normalized spacial score (nSPS) is 13.5. The maximum absolute atomic E-state index is 13.5. The lowest BCUT2D eigenvalue weighted by Gasteiger charge is -2.40. The number of piperidine rings is 1. The Bertz CT molecular complexity index is 1030. The molecule has 3 aromatic rings. The fourth-order valence-corrected chi connectivity index (χ4v) is 3.74. The molecule has 0 spiro atoms. The van der Waals surface area contributed by atoms with E-state index in [-0.39, 0.29) is 11.9 Å². The Morgan fingerprint density at radius 3 is 2.31 bits per heavy atom. The van der Waals surface area contributed by atoms with Crippen LogP contribution in [0.3, 0.4) is 0 Å². The van der Waals surface area contributed by atoms with Crippen molar-refractivity contribution in [3.05, 3.63) is 66.5 Å². The molecule has 1 fully saturated rings. The largest absolute Gasteiger partial charge is 0.494 e. The molecule has 0 radical (unpaired) electrons. The number of hydrogen-bond acceptors (Lipinski definition) is 7. The average Bonchev–Trinajstić information content (AvgIpc) is 2.87. The fraction of sp³-hybridized carbons (Fsp3) is 0.333. The Morgan fingerprint density at radius 2 is 1.72 bits per heavy atom. The highest BCUT2D eigenvalue weighted by Gasteiger charge is 2.29. The number of pyridine rings is 1. The van der Waals surface area contributed by atoms with Gasteiger partial charge in [0.1, 0.15) is 23.3 Å². The van der Waals surface area contributed by atoms with Gasteiger partial charge in [0.05, 0.1) is 31.3 Å². The molecule has 8 heteroatoms. The molecule has 0 unspecified atom stereocenters. The summed E-state index contributed by atoms with van der Waals surface area (Å²) in [7, 11) is 1.63. The Morgan fingerprint density at radius 1 is 1.06 bits per heavy atom. The first kappa shape index (κ1) is 22.9. The van der Waals surface area contributed by atoms with E-state index in [9.17, 15) is 4.39 Å². The van der Waals surface area contributed by atoms with Gasteiger partial charge in [0.15, 0.2) is 0 Å². The smallest absolute Gasteiger partial charge is 0.225 e. The minimum atomic E-state index is -0.273. The zero-order valence-electron chi connectivity index (χ0n) is 18.6. The third-order valence-corrected chi connectivity index (χ3v) is 5.23. The second-order valence-corrected chi connectivity index (χ2v) is 7.00. The van der Waals surface area contributed by atoms with Crippen molar-refractivity contribution in [3.63, 3.8) is 0 Å². The molecule has 0 atom stereocenters. The van der Waals surface area contributed by atoms with Crippen molar-refractivity contribution in [2.24, 2.45) is 0 Å². The molecule has 2 aromatic heterocycles. The second-order valence-electron chi connectivity index (χ2n) is 7.00. The number of anilines is 3. The van der Waals surface area contributed by atoms with Gasteiger partial charge in [-0.2, -0.15) is 5.26 Å². The predicted octanol–water partition coefficient (Wildman–Crippen LogP) is 4.72. The van der Waals surface area contributed by atoms with Crippen molar-refractivity contribution in [3.8, 4) is 11.8 Å². The van der Waals surface area contributed by atoms with Crippen LogP contribution in [-0.2, 0) is 0 Å². The molecule has 0 N–H and O–H groups in total. The summed E-state index contributed by atoms with van der Waals surface area (Å²) in [6.45, 7) is 5.52. The first-order chi connectivity index (χ1) is 15.7. The molecule has 166 valence electrons. The first-order valence-electron chi connectivity index (χ1n) is 10.7. The summed E-state index contributed by atoms with van der Waals surface area (Å²) in [6.07, 6.45) is 8.24. The molecule has 0 amide bonds. The number of hydrogen-bond donors (Lipinski definition) is 0. The second kappa shape index (κ2) is 11.0. The van der Waals surface area contributed by atoms with Crippen molar-refractivity contribution in [1.29, 1.82) is 5.26 Å². The van der Waals surface area contributed by atoms with Crippen LogP contribution in [0.2, 0.25) is 0 Å². The van der Waals surface area contributed by atoms with E-state index >= 15 is 0 Å². The molecule has 3 heterocycles. The van der Waals surface area contributed by atoms with Gasteiger partial charge < -0.3 is 14.5 Å². The van der Waals surface area contributed by atoms with E-state index in [1.807, 2.05) is 26.0 Å². The van der Waals surface area contributed by atoms with Crippen LogP contribution >= 0.6 is 0 Å². The van der Waals surface area contributed by atoms with Gasteiger partial charge in [0.25, 0.3) is 0 Å². The van der Waals surface area contributed by atoms with Gasteiger partial charge in [-0.15, -0.1) is 0 Å². The third kappa shape index (κ3) is 5.11. The van der Waals surface area contributed by atoms with Crippen LogP contribution in [0.5, 0.6) is 5.75 Å². The lowest BCUT2D eigenvalue weighted by Crippen LogP contribution is -2.44. The third-order valence-electron chi connectivity index (χ3n) is 5.23. The van der Waals surface area contributed by atoms with Crippen molar-refractivity contribution in [2.75, 3.05) is 30.0 Å². The molecule has 4 rings (SSSR count). The van der Waals surface area contributed by atoms with Crippen LogP contribution in [0.1, 0.15) is 32.3 Å². The van der Waals surface area contributed by atoms with Gasteiger partial charge in [-0.25, -0.2) is 14.4 Å². The van der Waals surface area contributed by atoms with Gasteiger partial charge in [0.2, 0.25) is 5.95 Å². The minimum Gasteiger partial charge on any atom is -0.494 e. The van der Waals surface area contributed by atoms with Crippen molar-refractivity contribution >= 4 is 17.3 Å². The lowest BCUT2D eigenvalue weighted by molar-refractivity contribution is 0.410. The molecule has 7 nitrogen and oxygen atoms in total. The number of methoxy groups -OCH3 is 1. The molecule has 0 bridgehead atoms.